The van der Waals surface area contributed by atoms with Gasteiger partial charge in [-0.05, 0) is 42.8 Å². The first-order chi connectivity index (χ1) is 6.72. The van der Waals surface area contributed by atoms with E-state index in [1.54, 1.807) is 0 Å². The molecule has 2 rings (SSSR count). The van der Waals surface area contributed by atoms with Crippen molar-refractivity contribution in [1.82, 2.24) is 0 Å². The average Bonchev–Trinajstić information content (AvgIpc) is 2.71. The summed E-state index contributed by atoms with van der Waals surface area (Å²) in [5.74, 6) is 1.70. The quantitative estimate of drug-likeness (QED) is 0.736. The van der Waals surface area contributed by atoms with E-state index in [9.17, 15) is 0 Å². The van der Waals surface area contributed by atoms with Crippen molar-refractivity contribution in [2.45, 2.75) is 63.9 Å². The molecule has 2 N–H and O–H groups in total. The average molecular weight is 227 g/mol. The molecule has 0 heterocycles. The van der Waals surface area contributed by atoms with Crippen LogP contribution in [-0.2, 0) is 4.43 Å². The lowest BCUT2D eigenvalue weighted by molar-refractivity contribution is 0.148. The second-order valence-corrected chi connectivity index (χ2v) is 11.7. The van der Waals surface area contributed by atoms with Crippen LogP contribution in [0, 0.1) is 11.8 Å². The van der Waals surface area contributed by atoms with Gasteiger partial charge in [0.2, 0.25) is 0 Å². The van der Waals surface area contributed by atoms with Gasteiger partial charge in [0.25, 0.3) is 0 Å². The fraction of sp³-hybridized carbons (Fsp3) is 1.00. The van der Waals surface area contributed by atoms with Crippen molar-refractivity contribution in [1.29, 1.82) is 0 Å². The molecule has 88 valence electrons. The molecule has 0 aromatic carbocycles. The summed E-state index contributed by atoms with van der Waals surface area (Å²) in [6, 6.07) is 0.308. The topological polar surface area (TPSA) is 35.2 Å². The summed E-state index contributed by atoms with van der Waals surface area (Å²) < 4.78 is 6.44. The van der Waals surface area contributed by atoms with Crippen LogP contribution in [0.4, 0.5) is 0 Å². The molecular formula is C12H25NOSi. The number of hydrogen-bond donors (Lipinski definition) is 1. The Hall–Kier alpha value is 0.137. The zero-order valence-electron chi connectivity index (χ0n) is 10.7. The standard InChI is InChI=1S/C12H25NOSi/c1-12(2,3)15(4,5)14-11-9-6-8(9)7-10(11)13/h8-11H,6-7,13H2,1-5H3/t8-,9-,10-,11-/m1/s1. The minimum absolute atomic E-state index is 0.305. The molecule has 0 amide bonds. The van der Waals surface area contributed by atoms with E-state index >= 15 is 0 Å². The van der Waals surface area contributed by atoms with Gasteiger partial charge < -0.3 is 10.2 Å². The van der Waals surface area contributed by atoms with Gasteiger partial charge in [0, 0.05) is 6.04 Å². The van der Waals surface area contributed by atoms with Crippen molar-refractivity contribution >= 4 is 8.32 Å². The Kier molecular flexibility index (Phi) is 2.57. The molecule has 2 fully saturated rings. The third-order valence-electron chi connectivity index (χ3n) is 4.63. The van der Waals surface area contributed by atoms with Gasteiger partial charge in [-0.1, -0.05) is 20.8 Å². The summed E-state index contributed by atoms with van der Waals surface area (Å²) >= 11 is 0. The molecule has 0 radical (unpaired) electrons. The van der Waals surface area contributed by atoms with E-state index in [1.807, 2.05) is 0 Å². The number of fused-ring (bicyclic) bond motifs is 1. The molecule has 2 aliphatic carbocycles. The maximum Gasteiger partial charge on any atom is 0.192 e. The van der Waals surface area contributed by atoms with E-state index in [0.717, 1.165) is 11.8 Å². The SMILES string of the molecule is CC(C)(C)[Si](C)(C)O[C@@H]1[C@@H]2C[C@@H]2C[C@H]1N. The van der Waals surface area contributed by atoms with E-state index in [2.05, 4.69) is 33.9 Å². The Bertz CT molecular complexity index is 257. The minimum Gasteiger partial charge on any atom is -0.412 e. The Balaban J connectivity index is 2.02. The number of rotatable bonds is 2. The Morgan fingerprint density at radius 2 is 1.80 bits per heavy atom. The van der Waals surface area contributed by atoms with Gasteiger partial charge in [-0.3, -0.25) is 0 Å². The second-order valence-electron chi connectivity index (χ2n) is 6.90. The highest BCUT2D eigenvalue weighted by Gasteiger charge is 2.55. The van der Waals surface area contributed by atoms with Crippen LogP contribution >= 0.6 is 0 Å². The van der Waals surface area contributed by atoms with Crippen LogP contribution in [-0.4, -0.2) is 20.5 Å². The lowest BCUT2D eigenvalue weighted by Crippen LogP contribution is -2.48. The van der Waals surface area contributed by atoms with Gasteiger partial charge >= 0.3 is 0 Å². The molecule has 2 saturated carbocycles. The number of nitrogens with two attached hydrogens (primary N) is 1. The normalized spacial score (nSPS) is 40.4. The number of hydrogen-bond acceptors (Lipinski definition) is 2. The second kappa shape index (κ2) is 3.31. The van der Waals surface area contributed by atoms with Crippen LogP contribution in [0.1, 0.15) is 33.6 Å². The van der Waals surface area contributed by atoms with Gasteiger partial charge in [0.05, 0.1) is 6.10 Å². The van der Waals surface area contributed by atoms with Gasteiger partial charge in [-0.15, -0.1) is 0 Å². The molecule has 0 unspecified atom stereocenters. The molecule has 2 nitrogen and oxygen atoms in total. The van der Waals surface area contributed by atoms with Crippen molar-refractivity contribution in [3.63, 3.8) is 0 Å². The summed E-state index contributed by atoms with van der Waals surface area (Å²) in [6.07, 6.45) is 2.94. The molecule has 15 heavy (non-hydrogen) atoms. The van der Waals surface area contributed by atoms with Crippen LogP contribution in [0.15, 0.2) is 0 Å². The van der Waals surface area contributed by atoms with E-state index < -0.39 is 8.32 Å². The van der Waals surface area contributed by atoms with E-state index in [0.29, 0.717) is 17.2 Å². The lowest BCUT2D eigenvalue weighted by Gasteiger charge is -2.40. The summed E-state index contributed by atoms with van der Waals surface area (Å²) in [5, 5.41) is 0.305. The maximum absolute atomic E-state index is 6.44. The molecule has 0 aromatic rings. The molecule has 0 saturated heterocycles. The van der Waals surface area contributed by atoms with Gasteiger partial charge in [-0.25, -0.2) is 0 Å². The smallest absolute Gasteiger partial charge is 0.192 e. The van der Waals surface area contributed by atoms with Crippen molar-refractivity contribution in [3.05, 3.63) is 0 Å². The Morgan fingerprint density at radius 3 is 2.20 bits per heavy atom. The van der Waals surface area contributed by atoms with Gasteiger partial charge in [0.1, 0.15) is 0 Å². The Labute approximate surface area is 94.7 Å². The van der Waals surface area contributed by atoms with Crippen LogP contribution in [0.3, 0.4) is 0 Å². The molecule has 0 aromatic heterocycles. The minimum atomic E-state index is -1.61. The van der Waals surface area contributed by atoms with Crippen LogP contribution in [0.25, 0.3) is 0 Å². The van der Waals surface area contributed by atoms with Crippen molar-refractivity contribution < 1.29 is 4.43 Å². The first-order valence-electron chi connectivity index (χ1n) is 6.16. The molecule has 4 atom stereocenters. The highest BCUT2D eigenvalue weighted by atomic mass is 28.4. The summed E-state index contributed by atoms with van der Waals surface area (Å²) in [6.45, 7) is 11.5. The maximum atomic E-state index is 6.44. The van der Waals surface area contributed by atoms with Crippen molar-refractivity contribution in [3.8, 4) is 0 Å². The molecule has 2 aliphatic rings. The fourth-order valence-corrected chi connectivity index (χ4v) is 3.82. The Morgan fingerprint density at radius 1 is 1.20 bits per heavy atom. The summed E-state index contributed by atoms with van der Waals surface area (Å²) in [5.41, 5.74) is 6.15. The first kappa shape index (κ1) is 11.6. The zero-order valence-corrected chi connectivity index (χ0v) is 11.7. The van der Waals surface area contributed by atoms with Crippen molar-refractivity contribution in [2.24, 2.45) is 17.6 Å². The van der Waals surface area contributed by atoms with Crippen molar-refractivity contribution in [2.75, 3.05) is 0 Å². The largest absolute Gasteiger partial charge is 0.412 e. The molecular weight excluding hydrogens is 202 g/mol. The third kappa shape index (κ3) is 2.02. The molecule has 0 aliphatic heterocycles. The predicted octanol–water partition coefficient (Wildman–Crippen LogP) is 2.74. The van der Waals surface area contributed by atoms with Gasteiger partial charge in [0.15, 0.2) is 8.32 Å². The highest BCUT2D eigenvalue weighted by Crippen LogP contribution is 2.54. The predicted molar refractivity (Wildman–Crippen MR) is 66.3 cm³/mol. The third-order valence-corrected chi connectivity index (χ3v) is 9.11. The van der Waals surface area contributed by atoms with Crippen LogP contribution in [0.5, 0.6) is 0 Å². The lowest BCUT2D eigenvalue weighted by atomic mass is 10.1. The van der Waals surface area contributed by atoms with E-state index in [1.165, 1.54) is 12.8 Å². The molecule has 0 spiro atoms. The van der Waals surface area contributed by atoms with Gasteiger partial charge in [-0.2, -0.15) is 0 Å². The van der Waals surface area contributed by atoms with E-state index in [-0.39, 0.29) is 0 Å². The zero-order chi connectivity index (χ0) is 11.4. The van der Waals surface area contributed by atoms with Crippen LogP contribution in [0.2, 0.25) is 18.1 Å². The molecule has 0 bridgehead atoms. The fourth-order valence-electron chi connectivity index (χ4n) is 2.44. The monoisotopic (exact) mass is 227 g/mol. The first-order valence-corrected chi connectivity index (χ1v) is 9.06. The van der Waals surface area contributed by atoms with Crippen LogP contribution < -0.4 is 5.73 Å². The van der Waals surface area contributed by atoms with E-state index in [4.69, 9.17) is 10.2 Å². The summed E-state index contributed by atoms with van der Waals surface area (Å²) in [7, 11) is -1.61. The molecule has 3 heteroatoms. The summed E-state index contributed by atoms with van der Waals surface area (Å²) in [4.78, 5) is 0. The highest BCUT2D eigenvalue weighted by molar-refractivity contribution is 6.74.